The second-order valence-corrected chi connectivity index (χ2v) is 4.88. The second-order valence-electron chi connectivity index (χ2n) is 4.88. The normalized spacial score (nSPS) is 24.7. The van der Waals surface area contributed by atoms with Crippen LogP contribution in [0.25, 0.3) is 0 Å². The van der Waals surface area contributed by atoms with Gasteiger partial charge in [0.05, 0.1) is 6.10 Å². The highest BCUT2D eigenvalue weighted by molar-refractivity contribution is 5.20. The first kappa shape index (κ1) is 14.3. The number of aliphatic hydroxyl groups excluding tert-OH is 2. The molecular weight excluding hydrogens is 259 g/mol. The van der Waals surface area contributed by atoms with E-state index in [0.717, 1.165) is 0 Å². The summed E-state index contributed by atoms with van der Waals surface area (Å²) in [6.07, 6.45) is -0.160. The molecule has 1 heterocycles. The molecule has 1 aromatic rings. The summed E-state index contributed by atoms with van der Waals surface area (Å²) in [6, 6.07) is 1.30. The van der Waals surface area contributed by atoms with Crippen LogP contribution in [0.2, 0.25) is 0 Å². The highest BCUT2D eigenvalue weighted by atomic mass is 19.1. The molecular formula is C13H16F3NO2. The van der Waals surface area contributed by atoms with Gasteiger partial charge in [-0.2, -0.15) is 0 Å². The van der Waals surface area contributed by atoms with Crippen molar-refractivity contribution in [1.82, 2.24) is 4.90 Å². The third-order valence-corrected chi connectivity index (χ3v) is 3.53. The van der Waals surface area contributed by atoms with Crippen molar-refractivity contribution in [2.24, 2.45) is 5.92 Å². The van der Waals surface area contributed by atoms with Gasteiger partial charge in [-0.15, -0.1) is 0 Å². The van der Waals surface area contributed by atoms with Crippen LogP contribution in [-0.2, 0) is 6.54 Å². The summed E-state index contributed by atoms with van der Waals surface area (Å²) in [5.41, 5.74) is -0.198. The Labute approximate surface area is 109 Å². The smallest absolute Gasteiger partial charge is 0.133 e. The van der Waals surface area contributed by atoms with Gasteiger partial charge in [0, 0.05) is 43.3 Å². The predicted molar refractivity (Wildman–Crippen MR) is 62.8 cm³/mol. The Morgan fingerprint density at radius 2 is 1.84 bits per heavy atom. The first-order valence-electron chi connectivity index (χ1n) is 6.16. The fourth-order valence-electron chi connectivity index (χ4n) is 2.35. The lowest BCUT2D eigenvalue weighted by Crippen LogP contribution is -2.44. The van der Waals surface area contributed by atoms with E-state index in [1.54, 1.807) is 4.90 Å². The van der Waals surface area contributed by atoms with Crippen LogP contribution in [0.3, 0.4) is 0 Å². The molecule has 106 valence electrons. The highest BCUT2D eigenvalue weighted by Crippen LogP contribution is 2.22. The van der Waals surface area contributed by atoms with Gasteiger partial charge in [0.1, 0.15) is 17.5 Å². The average Bonchev–Trinajstić information content (AvgIpc) is 2.34. The Morgan fingerprint density at radius 3 is 2.37 bits per heavy atom. The summed E-state index contributed by atoms with van der Waals surface area (Å²) in [6.45, 7) is 0.640. The van der Waals surface area contributed by atoms with Gasteiger partial charge in [-0.05, 0) is 13.0 Å². The molecule has 0 aromatic heterocycles. The summed E-state index contributed by atoms with van der Waals surface area (Å²) in [7, 11) is 0. The van der Waals surface area contributed by atoms with Gasteiger partial charge in [0.2, 0.25) is 0 Å². The monoisotopic (exact) mass is 275 g/mol. The molecule has 0 saturated carbocycles. The van der Waals surface area contributed by atoms with E-state index in [1.165, 1.54) is 0 Å². The molecule has 1 aromatic carbocycles. The van der Waals surface area contributed by atoms with Gasteiger partial charge in [-0.25, -0.2) is 13.2 Å². The van der Waals surface area contributed by atoms with E-state index in [9.17, 15) is 18.3 Å². The van der Waals surface area contributed by atoms with Crippen LogP contribution in [-0.4, -0.2) is 40.9 Å². The Bertz CT molecular complexity index is 433. The van der Waals surface area contributed by atoms with E-state index < -0.39 is 23.6 Å². The Hall–Kier alpha value is -1.11. The lowest BCUT2D eigenvalue weighted by Gasteiger charge is -2.35. The molecule has 0 amide bonds. The molecule has 1 fully saturated rings. The SMILES string of the molecule is OC[C@H]1CCN(Cc2c(F)cc(F)cc2F)C[C@@H]1O. The molecule has 6 heteroatoms. The Kier molecular flexibility index (Phi) is 4.44. The maximum absolute atomic E-state index is 13.5. The number of aliphatic hydroxyl groups is 2. The molecule has 0 unspecified atom stereocenters. The number of piperidine rings is 1. The zero-order valence-electron chi connectivity index (χ0n) is 10.3. The standard InChI is InChI=1S/C13H16F3NO2/c14-9-3-11(15)10(12(16)4-9)5-17-2-1-8(7-18)13(19)6-17/h3-4,8,13,18-19H,1-2,5-7H2/t8-,13+/m1/s1. The van der Waals surface area contributed by atoms with Gasteiger partial charge >= 0.3 is 0 Å². The van der Waals surface area contributed by atoms with Crippen molar-refractivity contribution < 1.29 is 23.4 Å². The van der Waals surface area contributed by atoms with E-state index in [2.05, 4.69) is 0 Å². The number of nitrogens with zero attached hydrogens (tertiary/aromatic N) is 1. The van der Waals surface area contributed by atoms with Crippen molar-refractivity contribution in [2.45, 2.75) is 19.1 Å². The topological polar surface area (TPSA) is 43.7 Å². The molecule has 1 aliphatic rings. The molecule has 2 N–H and O–H groups in total. The molecule has 2 rings (SSSR count). The van der Waals surface area contributed by atoms with E-state index in [1.807, 2.05) is 0 Å². The minimum atomic E-state index is -0.947. The van der Waals surface area contributed by atoms with Crippen LogP contribution in [0, 0.1) is 23.4 Å². The van der Waals surface area contributed by atoms with Crippen LogP contribution in [0.15, 0.2) is 12.1 Å². The molecule has 0 radical (unpaired) electrons. The molecule has 0 bridgehead atoms. The lowest BCUT2D eigenvalue weighted by molar-refractivity contribution is -0.00507. The number of halogens is 3. The summed E-state index contributed by atoms with van der Waals surface area (Å²) in [5.74, 6) is -2.98. The minimum absolute atomic E-state index is 0.0207. The van der Waals surface area contributed by atoms with Crippen molar-refractivity contribution in [3.05, 3.63) is 35.1 Å². The Balaban J connectivity index is 2.07. The van der Waals surface area contributed by atoms with Crippen molar-refractivity contribution in [2.75, 3.05) is 19.7 Å². The predicted octanol–water partition coefficient (Wildman–Crippen LogP) is 1.28. The van der Waals surface area contributed by atoms with E-state index >= 15 is 0 Å². The first-order chi connectivity index (χ1) is 9.01. The van der Waals surface area contributed by atoms with Crippen molar-refractivity contribution in [3.63, 3.8) is 0 Å². The third kappa shape index (κ3) is 3.26. The van der Waals surface area contributed by atoms with Crippen LogP contribution >= 0.6 is 0 Å². The molecule has 19 heavy (non-hydrogen) atoms. The number of likely N-dealkylation sites (tertiary alicyclic amines) is 1. The fourth-order valence-corrected chi connectivity index (χ4v) is 2.35. The van der Waals surface area contributed by atoms with Gasteiger partial charge in [-0.3, -0.25) is 4.90 Å². The number of hydrogen-bond donors (Lipinski definition) is 2. The quantitative estimate of drug-likeness (QED) is 0.873. The maximum atomic E-state index is 13.5. The van der Waals surface area contributed by atoms with E-state index in [4.69, 9.17) is 5.11 Å². The van der Waals surface area contributed by atoms with Crippen LogP contribution < -0.4 is 0 Å². The van der Waals surface area contributed by atoms with E-state index in [0.29, 0.717) is 25.1 Å². The molecule has 1 aliphatic heterocycles. The molecule has 2 atom stereocenters. The summed E-state index contributed by atoms with van der Waals surface area (Å²) >= 11 is 0. The van der Waals surface area contributed by atoms with Gasteiger partial charge in [0.25, 0.3) is 0 Å². The fraction of sp³-hybridized carbons (Fsp3) is 0.538. The zero-order valence-corrected chi connectivity index (χ0v) is 10.3. The molecule has 3 nitrogen and oxygen atoms in total. The van der Waals surface area contributed by atoms with Crippen LogP contribution in [0.5, 0.6) is 0 Å². The number of hydrogen-bond acceptors (Lipinski definition) is 3. The Morgan fingerprint density at radius 1 is 1.21 bits per heavy atom. The zero-order chi connectivity index (χ0) is 14.0. The van der Waals surface area contributed by atoms with Gasteiger partial charge in [-0.1, -0.05) is 0 Å². The maximum Gasteiger partial charge on any atom is 0.133 e. The van der Waals surface area contributed by atoms with Gasteiger partial charge < -0.3 is 10.2 Å². The summed E-state index contributed by atoms with van der Waals surface area (Å²) < 4.78 is 39.8. The molecule has 0 spiro atoms. The number of β-amino-alcohol motifs (C(OH)–C–C–N with tert-alkyl or cyclic N) is 1. The third-order valence-electron chi connectivity index (χ3n) is 3.53. The van der Waals surface area contributed by atoms with Crippen LogP contribution in [0.4, 0.5) is 13.2 Å². The second kappa shape index (κ2) is 5.90. The number of benzene rings is 1. The van der Waals surface area contributed by atoms with Crippen molar-refractivity contribution >= 4 is 0 Å². The highest BCUT2D eigenvalue weighted by Gasteiger charge is 2.28. The largest absolute Gasteiger partial charge is 0.396 e. The average molecular weight is 275 g/mol. The molecule has 0 aliphatic carbocycles. The first-order valence-corrected chi connectivity index (χ1v) is 6.16. The summed E-state index contributed by atoms with van der Waals surface area (Å²) in [4.78, 5) is 1.69. The number of rotatable bonds is 3. The molecule has 1 saturated heterocycles. The minimum Gasteiger partial charge on any atom is -0.396 e. The summed E-state index contributed by atoms with van der Waals surface area (Å²) in [5, 5.41) is 18.8. The van der Waals surface area contributed by atoms with E-state index in [-0.39, 0.29) is 31.2 Å². The van der Waals surface area contributed by atoms with Crippen molar-refractivity contribution in [3.8, 4) is 0 Å². The van der Waals surface area contributed by atoms with Gasteiger partial charge in [0.15, 0.2) is 0 Å². The lowest BCUT2D eigenvalue weighted by atomic mass is 9.94. The van der Waals surface area contributed by atoms with Crippen molar-refractivity contribution in [1.29, 1.82) is 0 Å². The van der Waals surface area contributed by atoms with Crippen LogP contribution in [0.1, 0.15) is 12.0 Å².